The normalized spacial score (nSPS) is 10.6. The van der Waals surface area contributed by atoms with Gasteiger partial charge in [0.2, 0.25) is 5.28 Å². The number of anilines is 2. The van der Waals surface area contributed by atoms with Gasteiger partial charge in [-0.05, 0) is 30.0 Å². The molecule has 0 aliphatic carbocycles. The lowest BCUT2D eigenvalue weighted by Gasteiger charge is -2.09. The Balaban J connectivity index is 2.08. The fourth-order valence-electron chi connectivity index (χ4n) is 1.88. The highest BCUT2D eigenvalue weighted by molar-refractivity contribution is 6.28. The van der Waals surface area contributed by atoms with Crippen molar-refractivity contribution >= 4 is 34.0 Å². The number of rotatable bonds is 2. The monoisotopic (exact) mass is 270 g/mol. The van der Waals surface area contributed by atoms with Crippen molar-refractivity contribution in [3.63, 3.8) is 0 Å². The molecule has 1 aromatic carbocycles. The zero-order valence-electron chi connectivity index (χ0n) is 10.3. The van der Waals surface area contributed by atoms with E-state index in [2.05, 4.69) is 20.3 Å². The Hall–Kier alpha value is -2.20. The van der Waals surface area contributed by atoms with Crippen LogP contribution in [0.2, 0.25) is 5.28 Å². The molecule has 0 unspecified atom stereocenters. The number of pyridine rings is 1. The van der Waals surface area contributed by atoms with Gasteiger partial charge in [-0.1, -0.05) is 24.3 Å². The number of aryl methyl sites for hydroxylation is 1. The van der Waals surface area contributed by atoms with Crippen molar-refractivity contribution in [1.82, 2.24) is 15.0 Å². The summed E-state index contributed by atoms with van der Waals surface area (Å²) in [5.41, 5.74) is 0.916. The number of hydrogen-bond donors (Lipinski definition) is 1. The SMILES string of the molecule is Cc1cnc(Cl)nc1Nc1nccc2ccccc12. The summed E-state index contributed by atoms with van der Waals surface area (Å²) >= 11 is 5.82. The average molecular weight is 271 g/mol. The molecule has 0 aliphatic rings. The van der Waals surface area contributed by atoms with E-state index in [1.165, 1.54) is 0 Å². The van der Waals surface area contributed by atoms with Crippen LogP contribution < -0.4 is 5.32 Å². The third-order valence-corrected chi connectivity index (χ3v) is 3.03. The smallest absolute Gasteiger partial charge is 0.224 e. The molecule has 3 rings (SSSR count). The molecule has 94 valence electrons. The van der Waals surface area contributed by atoms with E-state index in [-0.39, 0.29) is 5.28 Å². The first-order valence-electron chi connectivity index (χ1n) is 5.84. The van der Waals surface area contributed by atoms with Crippen LogP contribution >= 0.6 is 11.6 Å². The standard InChI is InChI=1S/C14H11ClN4/c1-9-8-17-14(15)19-12(9)18-13-11-5-3-2-4-10(11)6-7-16-13/h2-8H,1H3,(H,16,17,18,19). The van der Waals surface area contributed by atoms with Crippen molar-refractivity contribution in [3.05, 3.63) is 53.6 Å². The molecule has 19 heavy (non-hydrogen) atoms. The molecule has 0 spiro atoms. The summed E-state index contributed by atoms with van der Waals surface area (Å²) in [5, 5.41) is 5.59. The number of benzene rings is 1. The summed E-state index contributed by atoms with van der Waals surface area (Å²) in [4.78, 5) is 12.5. The fourth-order valence-corrected chi connectivity index (χ4v) is 2.01. The van der Waals surface area contributed by atoms with Gasteiger partial charge in [0, 0.05) is 23.3 Å². The van der Waals surface area contributed by atoms with Gasteiger partial charge in [-0.2, -0.15) is 0 Å². The zero-order valence-corrected chi connectivity index (χ0v) is 11.0. The Morgan fingerprint density at radius 2 is 1.89 bits per heavy atom. The molecule has 2 heterocycles. The molecule has 4 nitrogen and oxygen atoms in total. The molecule has 1 N–H and O–H groups in total. The molecule has 3 aromatic rings. The van der Waals surface area contributed by atoms with Gasteiger partial charge in [0.05, 0.1) is 0 Å². The maximum atomic E-state index is 5.82. The number of halogens is 1. The highest BCUT2D eigenvalue weighted by atomic mass is 35.5. The van der Waals surface area contributed by atoms with Crippen LogP contribution in [0.3, 0.4) is 0 Å². The van der Waals surface area contributed by atoms with Crippen molar-refractivity contribution in [2.45, 2.75) is 6.92 Å². The van der Waals surface area contributed by atoms with Crippen molar-refractivity contribution in [2.24, 2.45) is 0 Å². The number of fused-ring (bicyclic) bond motifs is 1. The van der Waals surface area contributed by atoms with Gasteiger partial charge in [0.15, 0.2) is 0 Å². The van der Waals surface area contributed by atoms with Crippen LogP contribution in [-0.2, 0) is 0 Å². The van der Waals surface area contributed by atoms with Gasteiger partial charge in [-0.25, -0.2) is 15.0 Å². The van der Waals surface area contributed by atoms with E-state index in [9.17, 15) is 0 Å². The van der Waals surface area contributed by atoms with Crippen LogP contribution in [0.1, 0.15) is 5.56 Å². The van der Waals surface area contributed by atoms with Crippen LogP contribution in [0.5, 0.6) is 0 Å². The van der Waals surface area contributed by atoms with E-state index < -0.39 is 0 Å². The molecule has 2 aromatic heterocycles. The van der Waals surface area contributed by atoms with E-state index in [4.69, 9.17) is 11.6 Å². The maximum absolute atomic E-state index is 5.82. The van der Waals surface area contributed by atoms with E-state index in [1.807, 2.05) is 37.3 Å². The van der Waals surface area contributed by atoms with Gasteiger partial charge in [-0.15, -0.1) is 0 Å². The quantitative estimate of drug-likeness (QED) is 0.721. The highest BCUT2D eigenvalue weighted by Crippen LogP contribution is 2.24. The first-order valence-corrected chi connectivity index (χ1v) is 6.22. The van der Waals surface area contributed by atoms with Crippen molar-refractivity contribution in [2.75, 3.05) is 5.32 Å². The summed E-state index contributed by atoms with van der Waals surface area (Å²) in [5.74, 6) is 1.43. The lowest BCUT2D eigenvalue weighted by molar-refractivity contribution is 1.12. The van der Waals surface area contributed by atoms with Crippen molar-refractivity contribution in [3.8, 4) is 0 Å². The number of aromatic nitrogens is 3. The van der Waals surface area contributed by atoms with Crippen molar-refractivity contribution < 1.29 is 0 Å². The van der Waals surface area contributed by atoms with Crippen LogP contribution in [0.15, 0.2) is 42.7 Å². The van der Waals surface area contributed by atoms with Gasteiger partial charge in [-0.3, -0.25) is 0 Å². The molecule has 0 fully saturated rings. The van der Waals surface area contributed by atoms with Gasteiger partial charge >= 0.3 is 0 Å². The molecular weight excluding hydrogens is 260 g/mol. The second-order valence-electron chi connectivity index (χ2n) is 4.18. The first-order chi connectivity index (χ1) is 9.24. The molecule has 5 heteroatoms. The van der Waals surface area contributed by atoms with Crippen LogP contribution in [0.4, 0.5) is 11.6 Å². The average Bonchev–Trinajstić information content (AvgIpc) is 2.43. The zero-order chi connectivity index (χ0) is 13.2. The lowest BCUT2D eigenvalue weighted by atomic mass is 10.1. The largest absolute Gasteiger partial charge is 0.324 e. The Morgan fingerprint density at radius 3 is 2.79 bits per heavy atom. The Labute approximate surface area is 115 Å². The van der Waals surface area contributed by atoms with E-state index >= 15 is 0 Å². The molecule has 0 saturated heterocycles. The third kappa shape index (κ3) is 2.35. The minimum absolute atomic E-state index is 0.216. The second kappa shape index (κ2) is 4.82. The predicted octanol–water partition coefficient (Wildman–Crippen LogP) is 3.73. The minimum atomic E-state index is 0.216. The fraction of sp³-hybridized carbons (Fsp3) is 0.0714. The van der Waals surface area contributed by atoms with E-state index in [0.29, 0.717) is 5.82 Å². The third-order valence-electron chi connectivity index (χ3n) is 2.85. The van der Waals surface area contributed by atoms with Gasteiger partial charge in [0.1, 0.15) is 11.6 Å². The Morgan fingerprint density at radius 1 is 1.05 bits per heavy atom. The molecule has 0 aliphatic heterocycles. The molecular formula is C14H11ClN4. The van der Waals surface area contributed by atoms with Crippen LogP contribution in [0.25, 0.3) is 10.8 Å². The first kappa shape index (κ1) is 11.9. The van der Waals surface area contributed by atoms with E-state index in [1.54, 1.807) is 12.4 Å². The molecule has 0 saturated carbocycles. The summed E-state index contributed by atoms with van der Waals surface area (Å²) < 4.78 is 0. The minimum Gasteiger partial charge on any atom is -0.324 e. The molecule has 0 radical (unpaired) electrons. The molecule has 0 atom stereocenters. The number of nitrogens with zero attached hydrogens (tertiary/aromatic N) is 3. The molecule has 0 bridgehead atoms. The summed E-state index contributed by atoms with van der Waals surface area (Å²) in [6.07, 6.45) is 3.45. The number of nitrogens with one attached hydrogen (secondary N) is 1. The summed E-state index contributed by atoms with van der Waals surface area (Å²) in [7, 11) is 0. The summed E-state index contributed by atoms with van der Waals surface area (Å²) in [6.45, 7) is 1.92. The highest BCUT2D eigenvalue weighted by Gasteiger charge is 2.06. The summed E-state index contributed by atoms with van der Waals surface area (Å²) in [6, 6.07) is 10.0. The maximum Gasteiger partial charge on any atom is 0.224 e. The molecule has 0 amide bonds. The van der Waals surface area contributed by atoms with Crippen LogP contribution in [0, 0.1) is 6.92 Å². The Bertz CT molecular complexity index is 737. The number of hydrogen-bond acceptors (Lipinski definition) is 4. The van der Waals surface area contributed by atoms with Gasteiger partial charge in [0.25, 0.3) is 0 Å². The van der Waals surface area contributed by atoms with Crippen molar-refractivity contribution in [1.29, 1.82) is 0 Å². The lowest BCUT2D eigenvalue weighted by Crippen LogP contribution is -2.00. The topological polar surface area (TPSA) is 50.7 Å². The van der Waals surface area contributed by atoms with Gasteiger partial charge < -0.3 is 5.32 Å². The predicted molar refractivity (Wildman–Crippen MR) is 76.8 cm³/mol. The second-order valence-corrected chi connectivity index (χ2v) is 4.51. The van der Waals surface area contributed by atoms with Crippen LogP contribution in [-0.4, -0.2) is 15.0 Å². The Kier molecular flexibility index (Phi) is 3.01. The van der Waals surface area contributed by atoms with E-state index in [0.717, 1.165) is 22.2 Å².